The number of ether oxygens (including phenoxy) is 1. The summed E-state index contributed by atoms with van der Waals surface area (Å²) in [6.45, 7) is 10.6. The van der Waals surface area contributed by atoms with Crippen LogP contribution in [-0.2, 0) is 4.79 Å². The fraction of sp³-hybridized carbons (Fsp3) is 0.520. The Balaban J connectivity index is 1.55. The average molecular weight is 427 g/mol. The van der Waals surface area contributed by atoms with E-state index in [1.54, 1.807) is 37.3 Å². The summed E-state index contributed by atoms with van der Waals surface area (Å²) in [7, 11) is 0. The van der Waals surface area contributed by atoms with Gasteiger partial charge >= 0.3 is 0 Å². The van der Waals surface area contributed by atoms with Gasteiger partial charge in [0, 0.05) is 37.4 Å². The van der Waals surface area contributed by atoms with Crippen molar-refractivity contribution in [1.29, 1.82) is 0 Å². The predicted molar refractivity (Wildman–Crippen MR) is 121 cm³/mol. The van der Waals surface area contributed by atoms with Gasteiger partial charge < -0.3 is 20.1 Å². The number of nitrogens with zero attached hydrogens (tertiary/aromatic N) is 1. The van der Waals surface area contributed by atoms with Crippen molar-refractivity contribution in [3.05, 3.63) is 55.1 Å². The highest BCUT2D eigenvalue weighted by Gasteiger charge is 2.35. The summed E-state index contributed by atoms with van der Waals surface area (Å²) >= 11 is 0. The molecule has 168 valence electrons. The summed E-state index contributed by atoms with van der Waals surface area (Å²) in [4.78, 5) is 26.9. The van der Waals surface area contributed by atoms with Crippen molar-refractivity contribution in [2.75, 3.05) is 13.1 Å². The van der Waals surface area contributed by atoms with Gasteiger partial charge in [-0.05, 0) is 50.8 Å². The number of carbonyl (C=O) groups is 2. The van der Waals surface area contributed by atoms with Crippen molar-refractivity contribution >= 4 is 11.8 Å². The lowest BCUT2D eigenvalue weighted by atomic mass is 9.88. The Morgan fingerprint density at radius 2 is 1.87 bits per heavy atom. The highest BCUT2D eigenvalue weighted by molar-refractivity contribution is 5.94. The van der Waals surface area contributed by atoms with Crippen LogP contribution in [0.5, 0.6) is 5.75 Å². The summed E-state index contributed by atoms with van der Waals surface area (Å²) in [5, 5.41) is 13.7. The SMILES string of the molecule is C=CCC(O)(CC=C)C(C)NC(=O)c1cccc(OC2CCN(C(=O)C3CC3)CC2)c1. The van der Waals surface area contributed by atoms with Gasteiger partial charge in [-0.15, -0.1) is 13.2 Å². The van der Waals surface area contributed by atoms with Crippen molar-refractivity contribution in [1.82, 2.24) is 10.2 Å². The summed E-state index contributed by atoms with van der Waals surface area (Å²) in [6.07, 6.45) is 7.67. The predicted octanol–water partition coefficient (Wildman–Crippen LogP) is 3.47. The van der Waals surface area contributed by atoms with Gasteiger partial charge in [-0.1, -0.05) is 18.2 Å². The molecule has 1 saturated carbocycles. The van der Waals surface area contributed by atoms with E-state index >= 15 is 0 Å². The second-order valence-electron chi connectivity index (χ2n) is 8.73. The van der Waals surface area contributed by atoms with Crippen LogP contribution >= 0.6 is 0 Å². The van der Waals surface area contributed by atoms with Gasteiger partial charge in [0.25, 0.3) is 5.91 Å². The number of rotatable bonds is 10. The molecule has 3 rings (SSSR count). The maximum absolute atomic E-state index is 12.8. The van der Waals surface area contributed by atoms with Crippen LogP contribution in [0, 0.1) is 5.92 Å². The molecule has 1 aliphatic carbocycles. The molecule has 6 heteroatoms. The normalized spacial score (nSPS) is 18.2. The Labute approximate surface area is 185 Å². The molecule has 1 aromatic rings. The third kappa shape index (κ3) is 5.97. The molecule has 6 nitrogen and oxygen atoms in total. The van der Waals surface area contributed by atoms with Gasteiger partial charge in [-0.25, -0.2) is 0 Å². The molecule has 2 N–H and O–H groups in total. The van der Waals surface area contributed by atoms with Crippen LogP contribution in [0.15, 0.2) is 49.6 Å². The summed E-state index contributed by atoms with van der Waals surface area (Å²) < 4.78 is 6.11. The zero-order valence-electron chi connectivity index (χ0n) is 18.4. The van der Waals surface area contributed by atoms with E-state index in [4.69, 9.17) is 4.74 Å². The number of hydrogen-bond donors (Lipinski definition) is 2. The number of hydrogen-bond acceptors (Lipinski definition) is 4. The van der Waals surface area contributed by atoms with Gasteiger partial charge in [-0.3, -0.25) is 9.59 Å². The molecule has 1 aromatic carbocycles. The average Bonchev–Trinajstić information content (AvgIpc) is 3.60. The van der Waals surface area contributed by atoms with E-state index in [-0.39, 0.29) is 17.9 Å². The zero-order chi connectivity index (χ0) is 22.4. The van der Waals surface area contributed by atoms with Crippen molar-refractivity contribution < 1.29 is 19.4 Å². The quantitative estimate of drug-likeness (QED) is 0.562. The van der Waals surface area contributed by atoms with E-state index in [0.29, 0.717) is 30.1 Å². The van der Waals surface area contributed by atoms with Crippen molar-refractivity contribution in [3.8, 4) is 5.75 Å². The van der Waals surface area contributed by atoms with E-state index < -0.39 is 11.6 Å². The van der Waals surface area contributed by atoms with Crippen molar-refractivity contribution in [3.63, 3.8) is 0 Å². The molecule has 0 bridgehead atoms. The van der Waals surface area contributed by atoms with Gasteiger partial charge in [0.1, 0.15) is 11.9 Å². The Morgan fingerprint density at radius 3 is 2.45 bits per heavy atom. The Morgan fingerprint density at radius 1 is 1.23 bits per heavy atom. The zero-order valence-corrected chi connectivity index (χ0v) is 18.4. The Bertz CT molecular complexity index is 799. The summed E-state index contributed by atoms with van der Waals surface area (Å²) in [6, 6.07) is 6.61. The van der Waals surface area contributed by atoms with Crippen LogP contribution < -0.4 is 10.1 Å². The lowest BCUT2D eigenvalue weighted by Crippen LogP contribution is -2.50. The molecule has 2 amide bonds. The number of piperidine rings is 1. The van der Waals surface area contributed by atoms with E-state index in [9.17, 15) is 14.7 Å². The number of amides is 2. The first kappa shape index (κ1) is 23.1. The van der Waals surface area contributed by atoms with Crippen molar-refractivity contribution in [2.45, 2.75) is 63.2 Å². The second-order valence-corrected chi connectivity index (χ2v) is 8.73. The van der Waals surface area contributed by atoms with Gasteiger partial charge in [0.2, 0.25) is 5.91 Å². The third-order valence-corrected chi connectivity index (χ3v) is 6.23. The molecular weight excluding hydrogens is 392 g/mol. The molecule has 1 atom stereocenters. The fourth-order valence-corrected chi connectivity index (χ4v) is 4.04. The van der Waals surface area contributed by atoms with Gasteiger partial charge in [-0.2, -0.15) is 0 Å². The van der Waals surface area contributed by atoms with Gasteiger partial charge in [0.15, 0.2) is 0 Å². The molecule has 2 aliphatic rings. The monoisotopic (exact) mass is 426 g/mol. The number of likely N-dealkylation sites (tertiary alicyclic amines) is 1. The van der Waals surface area contributed by atoms with E-state index in [1.807, 2.05) is 11.0 Å². The minimum Gasteiger partial charge on any atom is -0.490 e. The van der Waals surface area contributed by atoms with E-state index in [1.165, 1.54) is 0 Å². The smallest absolute Gasteiger partial charge is 0.251 e. The lowest BCUT2D eigenvalue weighted by molar-refractivity contribution is -0.134. The maximum atomic E-state index is 12.8. The largest absolute Gasteiger partial charge is 0.490 e. The maximum Gasteiger partial charge on any atom is 0.251 e. The van der Waals surface area contributed by atoms with Crippen LogP contribution in [0.1, 0.15) is 55.8 Å². The standard InChI is InChI=1S/C25H34N2O4/c1-4-13-25(30,14-5-2)18(3)26-23(28)20-7-6-8-22(17-20)31-21-11-15-27(16-12-21)24(29)19-9-10-19/h4-8,17-19,21,30H,1-2,9-16H2,3H3,(H,26,28). The first-order chi connectivity index (χ1) is 14.9. The first-order valence-corrected chi connectivity index (χ1v) is 11.2. The van der Waals surface area contributed by atoms with Crippen LogP contribution in [-0.4, -0.2) is 52.7 Å². The first-order valence-electron chi connectivity index (χ1n) is 11.2. The van der Waals surface area contributed by atoms with E-state index in [2.05, 4.69) is 18.5 Å². The summed E-state index contributed by atoms with van der Waals surface area (Å²) in [5.74, 6) is 0.916. The van der Waals surface area contributed by atoms with Crippen LogP contribution in [0.2, 0.25) is 0 Å². The van der Waals surface area contributed by atoms with Crippen LogP contribution in [0.25, 0.3) is 0 Å². The molecule has 0 spiro atoms. The minimum atomic E-state index is -1.13. The molecule has 1 aliphatic heterocycles. The molecule has 1 heterocycles. The topological polar surface area (TPSA) is 78.9 Å². The lowest BCUT2D eigenvalue weighted by Gasteiger charge is -2.33. The molecular formula is C25H34N2O4. The van der Waals surface area contributed by atoms with Crippen molar-refractivity contribution in [2.24, 2.45) is 5.92 Å². The molecule has 31 heavy (non-hydrogen) atoms. The molecule has 1 saturated heterocycles. The molecule has 2 fully saturated rings. The molecule has 0 aromatic heterocycles. The second kappa shape index (κ2) is 10.1. The number of aliphatic hydroxyl groups is 1. The number of benzene rings is 1. The highest BCUT2D eigenvalue weighted by atomic mass is 16.5. The fourth-order valence-electron chi connectivity index (χ4n) is 4.04. The Hall–Kier alpha value is -2.60. The Kier molecular flexibility index (Phi) is 7.55. The molecule has 0 radical (unpaired) electrons. The van der Waals surface area contributed by atoms with Crippen LogP contribution in [0.3, 0.4) is 0 Å². The molecule has 1 unspecified atom stereocenters. The minimum absolute atomic E-state index is 0.0331. The van der Waals surface area contributed by atoms with Gasteiger partial charge in [0.05, 0.1) is 11.6 Å². The van der Waals surface area contributed by atoms with Crippen LogP contribution in [0.4, 0.5) is 0 Å². The summed E-state index contributed by atoms with van der Waals surface area (Å²) in [5.41, 5.74) is -0.649. The number of carbonyl (C=O) groups excluding carboxylic acids is 2. The van der Waals surface area contributed by atoms with E-state index in [0.717, 1.165) is 38.8 Å². The number of nitrogens with one attached hydrogen (secondary N) is 1. The highest BCUT2D eigenvalue weighted by Crippen LogP contribution is 2.32. The third-order valence-electron chi connectivity index (χ3n) is 6.23.